The van der Waals surface area contributed by atoms with E-state index in [2.05, 4.69) is 30.3 Å². The predicted octanol–water partition coefficient (Wildman–Crippen LogP) is 9.34. The number of oxime groups is 1. The highest BCUT2D eigenvalue weighted by Gasteiger charge is 2.65. The molecule has 7 rings (SSSR count). The number of aliphatic hydroxyl groups excluding tert-OH is 2. The van der Waals surface area contributed by atoms with Crippen LogP contribution >= 0.6 is 0 Å². The molecule has 3 heterocycles. The number of ether oxygens (including phenoxy) is 6. The predicted molar refractivity (Wildman–Crippen MR) is 243 cm³/mol. The summed E-state index contributed by atoms with van der Waals surface area (Å²) in [6.45, 7) is 16.7. The standard InChI is InChI=1S/C51H65N3O10/c1-7-9-26-58-49(57)54(31-35-19-21-44-45(27-35)61-33-60-44)46-30-42(53-64-50(4,5)6)40-28-36(16-10-12-23-55)39(18-11-13-24-56)47-41-29-38(59-32-37-17-14-15-34(3)52-37)20-22-43(41)63-51(46,48(40)47)62-25-8-2/h7-8,14-15,17,19-22,27-29,36,39,46-48,55-56H,1-2,9-13,16,18,23-26,30-33H2,3-6H3. The van der Waals surface area contributed by atoms with Gasteiger partial charge in [-0.3, -0.25) is 9.88 Å². The van der Waals surface area contributed by atoms with Gasteiger partial charge in [-0.1, -0.05) is 48.4 Å². The summed E-state index contributed by atoms with van der Waals surface area (Å²) >= 11 is 0. The number of carbonyl (C=O) groups is 1. The summed E-state index contributed by atoms with van der Waals surface area (Å²) in [6.07, 6.45) is 10.4. The smallest absolute Gasteiger partial charge is 0.410 e. The largest absolute Gasteiger partial charge is 0.487 e. The first-order valence-corrected chi connectivity index (χ1v) is 22.7. The number of aryl methyl sites for hydroxylation is 1. The number of fused-ring (bicyclic) bond motifs is 3. The molecular formula is C51H65N3O10. The lowest BCUT2D eigenvalue weighted by molar-refractivity contribution is -0.256. The van der Waals surface area contributed by atoms with E-state index in [0.29, 0.717) is 48.0 Å². The molecule has 6 atom stereocenters. The third-order valence-corrected chi connectivity index (χ3v) is 12.4. The van der Waals surface area contributed by atoms with E-state index in [-0.39, 0.29) is 70.5 Å². The number of hydrogen-bond acceptors (Lipinski definition) is 12. The maximum absolute atomic E-state index is 14.8. The lowest BCUT2D eigenvalue weighted by Crippen LogP contribution is -2.70. The number of pyridine rings is 1. The summed E-state index contributed by atoms with van der Waals surface area (Å²) in [6, 6.07) is 16.7. The Morgan fingerprint density at radius 2 is 1.77 bits per heavy atom. The van der Waals surface area contributed by atoms with Gasteiger partial charge >= 0.3 is 6.09 Å². The van der Waals surface area contributed by atoms with E-state index in [9.17, 15) is 15.0 Å². The summed E-state index contributed by atoms with van der Waals surface area (Å²) in [4.78, 5) is 27.4. The SMILES string of the molecule is C=CCCOC(=O)N(Cc1ccc2c(c1)OCO2)C1CC(=NOC(C)(C)C)C2=CC(CCCCO)C(CCCCO)C3c4cc(OCc5cccc(C)n5)ccc4OC1(OCC=C)C23. The van der Waals surface area contributed by atoms with E-state index in [1.807, 2.05) is 76.2 Å². The third-order valence-electron chi connectivity index (χ3n) is 12.4. The van der Waals surface area contributed by atoms with E-state index in [0.717, 1.165) is 53.8 Å². The minimum atomic E-state index is -1.48. The zero-order valence-electron chi connectivity index (χ0n) is 37.8. The summed E-state index contributed by atoms with van der Waals surface area (Å²) in [5, 5.41) is 24.9. The highest BCUT2D eigenvalue weighted by molar-refractivity contribution is 6.03. The summed E-state index contributed by atoms with van der Waals surface area (Å²) in [5.41, 5.74) is 4.48. The van der Waals surface area contributed by atoms with Crippen LogP contribution in [0.25, 0.3) is 0 Å². The number of rotatable bonds is 21. The van der Waals surface area contributed by atoms with Gasteiger partial charge in [0, 0.05) is 43.4 Å². The Balaban J connectivity index is 1.44. The van der Waals surface area contributed by atoms with E-state index in [4.69, 9.17) is 38.4 Å². The lowest BCUT2D eigenvalue weighted by Gasteiger charge is -2.60. The normalized spacial score (nSPS) is 23.6. The van der Waals surface area contributed by atoms with Gasteiger partial charge < -0.3 is 43.5 Å². The van der Waals surface area contributed by atoms with E-state index < -0.39 is 29.4 Å². The molecule has 64 heavy (non-hydrogen) atoms. The van der Waals surface area contributed by atoms with Gasteiger partial charge in [-0.05, 0) is 125 Å². The number of benzene rings is 2. The number of unbranched alkanes of at least 4 members (excludes halogenated alkanes) is 2. The minimum Gasteiger partial charge on any atom is -0.487 e. The molecule has 2 aliphatic heterocycles. The second kappa shape index (κ2) is 21.1. The lowest BCUT2D eigenvalue weighted by atomic mass is 9.55. The number of amides is 1. The van der Waals surface area contributed by atoms with E-state index in [1.54, 1.807) is 17.1 Å². The van der Waals surface area contributed by atoms with Gasteiger partial charge in [0.25, 0.3) is 0 Å². The van der Waals surface area contributed by atoms with Crippen LogP contribution in [0.1, 0.15) is 101 Å². The summed E-state index contributed by atoms with van der Waals surface area (Å²) < 4.78 is 38.5. The molecule has 0 spiro atoms. The molecule has 1 amide bonds. The van der Waals surface area contributed by atoms with Crippen LogP contribution in [0.2, 0.25) is 0 Å². The quantitative estimate of drug-likeness (QED) is 0.0599. The van der Waals surface area contributed by atoms with Crippen molar-refractivity contribution in [1.82, 2.24) is 9.88 Å². The Morgan fingerprint density at radius 3 is 2.52 bits per heavy atom. The number of carbonyl (C=O) groups excluding carboxylic acids is 1. The van der Waals surface area contributed by atoms with Crippen molar-refractivity contribution < 1.29 is 48.3 Å². The van der Waals surface area contributed by atoms with Crippen molar-refractivity contribution in [2.24, 2.45) is 22.9 Å². The van der Waals surface area contributed by atoms with Crippen LogP contribution in [-0.2, 0) is 27.5 Å². The van der Waals surface area contributed by atoms with Gasteiger partial charge in [0.1, 0.15) is 29.7 Å². The molecule has 1 aromatic heterocycles. The second-order valence-electron chi connectivity index (χ2n) is 18.0. The molecule has 13 nitrogen and oxygen atoms in total. The van der Waals surface area contributed by atoms with Gasteiger partial charge in [-0.15, -0.1) is 13.2 Å². The first-order chi connectivity index (χ1) is 31.0. The Bertz CT molecular complexity index is 2170. The molecule has 2 aliphatic carbocycles. The topological polar surface area (TPSA) is 151 Å². The van der Waals surface area contributed by atoms with Crippen molar-refractivity contribution in [2.75, 3.05) is 33.2 Å². The van der Waals surface area contributed by atoms with Crippen molar-refractivity contribution in [3.8, 4) is 23.0 Å². The fraction of sp³-hybridized carbons (Fsp3) is 0.510. The molecule has 0 saturated heterocycles. The number of aromatic nitrogens is 1. The fourth-order valence-electron chi connectivity index (χ4n) is 9.62. The molecule has 1 fully saturated rings. The Kier molecular flexibility index (Phi) is 15.4. The Morgan fingerprint density at radius 1 is 0.984 bits per heavy atom. The van der Waals surface area contributed by atoms with Crippen LogP contribution in [0.5, 0.6) is 23.0 Å². The summed E-state index contributed by atoms with van der Waals surface area (Å²) in [5.74, 6) is 0.380. The van der Waals surface area contributed by atoms with Crippen molar-refractivity contribution in [3.63, 3.8) is 0 Å². The monoisotopic (exact) mass is 879 g/mol. The number of nitrogens with zero attached hydrogens (tertiary/aromatic N) is 3. The van der Waals surface area contributed by atoms with Gasteiger partial charge in [-0.25, -0.2) is 4.79 Å². The van der Waals surface area contributed by atoms with E-state index >= 15 is 0 Å². The minimum absolute atomic E-state index is 0.0347. The van der Waals surface area contributed by atoms with Gasteiger partial charge in [-0.2, -0.15) is 0 Å². The molecular weight excluding hydrogens is 815 g/mol. The van der Waals surface area contributed by atoms with Gasteiger partial charge in [0.15, 0.2) is 11.5 Å². The molecule has 4 aliphatic rings. The van der Waals surface area contributed by atoms with Crippen LogP contribution in [0.15, 0.2) is 96.7 Å². The van der Waals surface area contributed by atoms with Crippen LogP contribution in [0.4, 0.5) is 4.79 Å². The number of allylic oxidation sites excluding steroid dienone is 1. The molecule has 6 unspecified atom stereocenters. The average Bonchev–Trinajstić information content (AvgIpc) is 3.75. The van der Waals surface area contributed by atoms with Crippen molar-refractivity contribution in [3.05, 3.63) is 114 Å². The first-order valence-electron chi connectivity index (χ1n) is 22.7. The summed E-state index contributed by atoms with van der Waals surface area (Å²) in [7, 11) is 0. The molecule has 2 aromatic carbocycles. The third kappa shape index (κ3) is 10.6. The van der Waals surface area contributed by atoms with E-state index in [1.165, 1.54) is 0 Å². The Labute approximate surface area is 377 Å². The maximum atomic E-state index is 14.8. The Hall–Kier alpha value is -5.37. The molecule has 0 radical (unpaired) electrons. The second-order valence-corrected chi connectivity index (χ2v) is 18.0. The zero-order valence-corrected chi connectivity index (χ0v) is 37.8. The van der Waals surface area contributed by atoms with Crippen molar-refractivity contribution in [2.45, 2.75) is 116 Å². The zero-order chi connectivity index (χ0) is 45.3. The molecule has 0 bridgehead atoms. The van der Waals surface area contributed by atoms with Crippen LogP contribution in [0.3, 0.4) is 0 Å². The highest BCUT2D eigenvalue weighted by atomic mass is 16.7. The first kappa shape index (κ1) is 46.6. The average molecular weight is 880 g/mol. The number of hydrogen-bond donors (Lipinski definition) is 2. The van der Waals surface area contributed by atoms with Crippen molar-refractivity contribution >= 4 is 11.8 Å². The van der Waals surface area contributed by atoms with Gasteiger partial charge in [0.2, 0.25) is 12.6 Å². The molecule has 344 valence electrons. The molecule has 13 heteroatoms. The van der Waals surface area contributed by atoms with Crippen LogP contribution in [-0.4, -0.2) is 82.6 Å². The van der Waals surface area contributed by atoms with Crippen molar-refractivity contribution in [1.29, 1.82) is 0 Å². The molecule has 3 aromatic rings. The van der Waals surface area contributed by atoms with Gasteiger partial charge in [0.05, 0.1) is 30.5 Å². The molecule has 1 saturated carbocycles. The number of aliphatic hydroxyl groups is 2. The fourth-order valence-corrected chi connectivity index (χ4v) is 9.62. The highest BCUT2D eigenvalue weighted by Crippen LogP contribution is 2.62. The van der Waals surface area contributed by atoms with Crippen LogP contribution < -0.4 is 18.9 Å². The maximum Gasteiger partial charge on any atom is 0.410 e. The molecule has 2 N–H and O–H groups in total. The van der Waals surface area contributed by atoms with Crippen LogP contribution in [0, 0.1) is 24.7 Å².